The number of Topliss-reactive ketones (excluding diaryl/α,β-unsaturated/α-hetero) is 1. The van der Waals surface area contributed by atoms with E-state index in [0.29, 0.717) is 18.3 Å². The quantitative estimate of drug-likeness (QED) is 0.225. The van der Waals surface area contributed by atoms with Gasteiger partial charge in [0.2, 0.25) is 5.91 Å². The zero-order valence-corrected chi connectivity index (χ0v) is 29.2. The summed E-state index contributed by atoms with van der Waals surface area (Å²) >= 11 is 0. The van der Waals surface area contributed by atoms with E-state index in [1.165, 1.54) is 11.6 Å². The Kier molecular flexibility index (Phi) is 8.14. The standard InChI is InChI=1S/C38H57NO6/c1-22(2)30-24(40)20-38(17-14-28(39)41)19-18-36(8)23(31(30)38)10-11-26-35(7)15-13-27(45-29(42)21-33(3,4)32(43)44)34(5,6)25(35)12-16-37(26,36)9/h14,17,22-23,25-27H,10-13,15-16,18-21H2,1-9H3,(H2,39,41)(H,43,44). The van der Waals surface area contributed by atoms with Crippen LogP contribution in [0.25, 0.3) is 0 Å². The van der Waals surface area contributed by atoms with Gasteiger partial charge in [0, 0.05) is 17.3 Å². The SMILES string of the molecule is CC(C)C1=C2C3CCC4C5(C)CCC(OC(=O)CC(C)(C)C(=O)O)C(C)(C)C5CCC4(C)C3(C)CCC2(C=CC(N)=O)CC1=O. The molecule has 45 heavy (non-hydrogen) atoms. The number of amides is 1. The number of allylic oxidation sites excluding steroid dienone is 3. The van der Waals surface area contributed by atoms with Crippen LogP contribution >= 0.6 is 0 Å². The van der Waals surface area contributed by atoms with Gasteiger partial charge < -0.3 is 15.6 Å². The lowest BCUT2D eigenvalue weighted by molar-refractivity contribution is -0.232. The lowest BCUT2D eigenvalue weighted by Gasteiger charge is -2.72. The highest BCUT2D eigenvalue weighted by Crippen LogP contribution is 2.76. The molecule has 1 amide bonds. The Labute approximate surface area is 270 Å². The van der Waals surface area contributed by atoms with Gasteiger partial charge in [0.25, 0.3) is 0 Å². The monoisotopic (exact) mass is 623 g/mol. The lowest BCUT2D eigenvalue weighted by Crippen LogP contribution is -2.65. The number of carbonyl (C=O) groups is 4. The number of esters is 1. The first-order valence-electron chi connectivity index (χ1n) is 17.4. The molecule has 8 atom stereocenters. The van der Waals surface area contributed by atoms with Crippen LogP contribution in [0.4, 0.5) is 0 Å². The molecule has 3 N–H and O–H groups in total. The first-order valence-corrected chi connectivity index (χ1v) is 17.4. The fourth-order valence-corrected chi connectivity index (χ4v) is 11.9. The number of ether oxygens (including phenoxy) is 1. The molecule has 0 heterocycles. The summed E-state index contributed by atoms with van der Waals surface area (Å²) in [6.07, 6.45) is 11.5. The van der Waals surface area contributed by atoms with Gasteiger partial charge in [-0.05, 0) is 122 Å². The van der Waals surface area contributed by atoms with E-state index >= 15 is 0 Å². The van der Waals surface area contributed by atoms with Crippen LogP contribution in [-0.2, 0) is 23.9 Å². The third kappa shape index (κ3) is 4.96. The molecule has 4 fully saturated rings. The predicted molar refractivity (Wildman–Crippen MR) is 174 cm³/mol. The van der Waals surface area contributed by atoms with Crippen LogP contribution in [0.15, 0.2) is 23.3 Å². The molecule has 4 saturated carbocycles. The molecule has 0 aromatic heterocycles. The Bertz CT molecular complexity index is 1360. The minimum Gasteiger partial charge on any atom is -0.481 e. The lowest BCUT2D eigenvalue weighted by atomic mass is 9.33. The van der Waals surface area contributed by atoms with Gasteiger partial charge in [0.05, 0.1) is 11.8 Å². The van der Waals surface area contributed by atoms with Crippen molar-refractivity contribution in [2.24, 2.45) is 61.9 Å². The molecule has 7 nitrogen and oxygen atoms in total. The van der Waals surface area contributed by atoms with Crippen LogP contribution in [0.1, 0.15) is 127 Å². The van der Waals surface area contributed by atoms with Gasteiger partial charge in [0.1, 0.15) is 6.10 Å². The number of rotatable bonds is 7. The van der Waals surface area contributed by atoms with Crippen LogP contribution in [-0.4, -0.2) is 34.8 Å². The fraction of sp³-hybridized carbons (Fsp3) is 0.789. The highest BCUT2D eigenvalue weighted by atomic mass is 16.5. The van der Waals surface area contributed by atoms with E-state index in [1.807, 2.05) is 6.08 Å². The van der Waals surface area contributed by atoms with Gasteiger partial charge in [-0.15, -0.1) is 0 Å². The third-order valence-corrected chi connectivity index (χ3v) is 14.4. The van der Waals surface area contributed by atoms with E-state index in [-0.39, 0.29) is 51.8 Å². The Morgan fingerprint density at radius 2 is 1.62 bits per heavy atom. The molecule has 0 saturated heterocycles. The maximum atomic E-state index is 13.6. The molecule has 5 rings (SSSR count). The van der Waals surface area contributed by atoms with Gasteiger partial charge in [-0.3, -0.25) is 19.2 Å². The molecule has 0 bridgehead atoms. The summed E-state index contributed by atoms with van der Waals surface area (Å²) < 4.78 is 6.12. The maximum absolute atomic E-state index is 13.6. The predicted octanol–water partition coefficient (Wildman–Crippen LogP) is 7.42. The molecule has 0 aromatic rings. The van der Waals surface area contributed by atoms with E-state index in [9.17, 15) is 24.3 Å². The molecule has 5 aliphatic rings. The number of carboxylic acid groups (broad SMARTS) is 1. The molecule has 0 aliphatic heterocycles. The van der Waals surface area contributed by atoms with Gasteiger partial charge in [-0.2, -0.15) is 0 Å². The summed E-state index contributed by atoms with van der Waals surface area (Å²) in [5.74, 6) is -0.333. The van der Waals surface area contributed by atoms with Crippen LogP contribution in [0.2, 0.25) is 0 Å². The Hall–Kier alpha value is -2.44. The Balaban J connectivity index is 1.46. The molecule has 0 spiro atoms. The number of aliphatic carboxylic acids is 1. The average molecular weight is 624 g/mol. The van der Waals surface area contributed by atoms with Gasteiger partial charge in [-0.1, -0.05) is 54.5 Å². The van der Waals surface area contributed by atoms with E-state index in [2.05, 4.69) is 48.5 Å². The smallest absolute Gasteiger partial charge is 0.309 e. The Morgan fingerprint density at radius 3 is 2.22 bits per heavy atom. The van der Waals surface area contributed by atoms with Crippen molar-refractivity contribution in [1.29, 1.82) is 0 Å². The zero-order valence-electron chi connectivity index (χ0n) is 29.2. The topological polar surface area (TPSA) is 124 Å². The summed E-state index contributed by atoms with van der Waals surface area (Å²) in [6.45, 7) is 19.5. The molecule has 250 valence electrons. The summed E-state index contributed by atoms with van der Waals surface area (Å²) in [5, 5.41) is 9.54. The second-order valence-corrected chi connectivity index (χ2v) is 17.8. The third-order valence-electron chi connectivity index (χ3n) is 14.4. The number of nitrogens with two attached hydrogens (primary N) is 1. The fourth-order valence-electron chi connectivity index (χ4n) is 11.9. The first kappa shape index (κ1) is 33.9. The second kappa shape index (κ2) is 10.8. The minimum absolute atomic E-state index is 0.0178. The van der Waals surface area contributed by atoms with Gasteiger partial charge in [0.15, 0.2) is 5.78 Å². The average Bonchev–Trinajstić information content (AvgIpc) is 3.21. The first-order chi connectivity index (χ1) is 20.7. The number of carboxylic acids is 1. The van der Waals surface area contributed by atoms with Crippen molar-refractivity contribution in [3.05, 3.63) is 23.3 Å². The summed E-state index contributed by atoms with van der Waals surface area (Å²) in [5.41, 5.74) is 6.26. The summed E-state index contributed by atoms with van der Waals surface area (Å²) in [7, 11) is 0. The van der Waals surface area contributed by atoms with E-state index in [0.717, 1.165) is 56.9 Å². The molecule has 0 aromatic carbocycles. The molecule has 7 heteroatoms. The summed E-state index contributed by atoms with van der Waals surface area (Å²) in [4.78, 5) is 50.2. The number of hydrogen-bond donors (Lipinski definition) is 2. The zero-order chi connectivity index (χ0) is 33.5. The van der Waals surface area contributed by atoms with Crippen molar-refractivity contribution in [3.63, 3.8) is 0 Å². The molecular formula is C38H57NO6. The number of fused-ring (bicyclic) bond motifs is 7. The maximum Gasteiger partial charge on any atom is 0.309 e. The molecule has 8 unspecified atom stereocenters. The van der Waals surface area contributed by atoms with E-state index < -0.39 is 28.7 Å². The summed E-state index contributed by atoms with van der Waals surface area (Å²) in [6, 6.07) is 0. The van der Waals surface area contributed by atoms with Crippen molar-refractivity contribution in [1.82, 2.24) is 0 Å². The number of primary amides is 1. The Morgan fingerprint density at radius 1 is 0.956 bits per heavy atom. The minimum atomic E-state index is -1.16. The second-order valence-electron chi connectivity index (χ2n) is 17.8. The number of ketones is 1. The normalized spacial score (nSPS) is 40.9. The largest absolute Gasteiger partial charge is 0.481 e. The molecular weight excluding hydrogens is 566 g/mol. The van der Waals surface area contributed by atoms with Crippen LogP contribution in [0.5, 0.6) is 0 Å². The van der Waals surface area contributed by atoms with Crippen molar-refractivity contribution in [2.75, 3.05) is 0 Å². The van der Waals surface area contributed by atoms with Crippen molar-refractivity contribution < 1.29 is 29.0 Å². The van der Waals surface area contributed by atoms with Crippen LogP contribution in [0, 0.1) is 56.2 Å². The highest BCUT2D eigenvalue weighted by molar-refractivity contribution is 6.01. The molecule has 5 aliphatic carbocycles. The highest BCUT2D eigenvalue weighted by Gasteiger charge is 2.70. The van der Waals surface area contributed by atoms with Crippen molar-refractivity contribution in [3.8, 4) is 0 Å². The van der Waals surface area contributed by atoms with Crippen molar-refractivity contribution in [2.45, 2.75) is 133 Å². The van der Waals surface area contributed by atoms with Crippen LogP contribution < -0.4 is 5.73 Å². The van der Waals surface area contributed by atoms with Crippen LogP contribution in [0.3, 0.4) is 0 Å². The van der Waals surface area contributed by atoms with Gasteiger partial charge in [-0.25, -0.2) is 0 Å². The van der Waals surface area contributed by atoms with E-state index in [4.69, 9.17) is 10.5 Å². The van der Waals surface area contributed by atoms with Gasteiger partial charge >= 0.3 is 11.9 Å². The molecule has 0 radical (unpaired) electrons. The van der Waals surface area contributed by atoms with E-state index in [1.54, 1.807) is 13.8 Å². The number of carbonyl (C=O) groups excluding carboxylic acids is 3. The van der Waals surface area contributed by atoms with Crippen molar-refractivity contribution >= 4 is 23.6 Å². The number of hydrogen-bond acceptors (Lipinski definition) is 5.